The second kappa shape index (κ2) is 7.70. The highest BCUT2D eigenvalue weighted by atomic mass is 16.1. The number of aromatic nitrogens is 4. The fourth-order valence-electron chi connectivity index (χ4n) is 2.75. The van der Waals surface area contributed by atoms with Gasteiger partial charge in [-0.3, -0.25) is 20.2 Å². The first-order chi connectivity index (χ1) is 12.2. The van der Waals surface area contributed by atoms with Crippen LogP contribution in [0.15, 0.2) is 42.6 Å². The third-order valence-electron chi connectivity index (χ3n) is 4.04. The highest BCUT2D eigenvalue weighted by Gasteiger charge is 2.11. The fourth-order valence-corrected chi connectivity index (χ4v) is 2.75. The van der Waals surface area contributed by atoms with E-state index < -0.39 is 0 Å². The predicted molar refractivity (Wildman–Crippen MR) is 97.1 cm³/mol. The summed E-state index contributed by atoms with van der Waals surface area (Å²) in [6.07, 6.45) is 3.95. The maximum absolute atomic E-state index is 12.3. The van der Waals surface area contributed by atoms with E-state index in [0.29, 0.717) is 17.9 Å². The number of nitrogens with one attached hydrogen (secondary N) is 2. The molecular formula is C19H21N5O. The van der Waals surface area contributed by atoms with Crippen molar-refractivity contribution in [2.45, 2.75) is 33.1 Å². The number of anilines is 1. The summed E-state index contributed by atoms with van der Waals surface area (Å²) in [7, 11) is 0. The summed E-state index contributed by atoms with van der Waals surface area (Å²) in [4.78, 5) is 20.7. The Balaban J connectivity index is 1.66. The van der Waals surface area contributed by atoms with Crippen LogP contribution in [0.5, 0.6) is 0 Å². The Labute approximate surface area is 146 Å². The lowest BCUT2D eigenvalue weighted by Crippen LogP contribution is -2.15. The highest BCUT2D eigenvalue weighted by molar-refractivity contribution is 5.90. The highest BCUT2D eigenvalue weighted by Crippen LogP contribution is 2.15. The van der Waals surface area contributed by atoms with Gasteiger partial charge in [-0.05, 0) is 41.7 Å². The first-order valence-electron chi connectivity index (χ1n) is 8.44. The van der Waals surface area contributed by atoms with E-state index in [9.17, 15) is 4.79 Å². The molecule has 1 amide bonds. The largest absolute Gasteiger partial charge is 0.293 e. The topological polar surface area (TPSA) is 83.6 Å². The molecule has 0 aliphatic carbocycles. The average molecular weight is 335 g/mol. The van der Waals surface area contributed by atoms with Crippen molar-refractivity contribution in [1.82, 2.24) is 20.2 Å². The standard InChI is InChI=1S/C19H21N5O/c1-3-14-9-8-13(11-15(14)4-2)12-17(25)21-19-22-18(23-24-19)16-7-5-6-10-20-16/h5-11H,3-4,12H2,1-2H3,(H2,21,22,23,24,25). The van der Waals surface area contributed by atoms with Gasteiger partial charge in [-0.2, -0.15) is 4.98 Å². The fraction of sp³-hybridized carbons (Fsp3) is 0.263. The van der Waals surface area contributed by atoms with E-state index in [1.807, 2.05) is 24.3 Å². The van der Waals surface area contributed by atoms with Gasteiger partial charge in [-0.15, -0.1) is 5.10 Å². The minimum Gasteiger partial charge on any atom is -0.293 e. The van der Waals surface area contributed by atoms with Crippen molar-refractivity contribution in [2.75, 3.05) is 5.32 Å². The van der Waals surface area contributed by atoms with Gasteiger partial charge in [0.15, 0.2) is 5.82 Å². The summed E-state index contributed by atoms with van der Waals surface area (Å²) in [5.74, 6) is 0.640. The number of aryl methyl sites for hydroxylation is 2. The van der Waals surface area contributed by atoms with Crippen molar-refractivity contribution < 1.29 is 4.79 Å². The van der Waals surface area contributed by atoms with Gasteiger partial charge in [0.25, 0.3) is 0 Å². The van der Waals surface area contributed by atoms with Gasteiger partial charge in [-0.25, -0.2) is 0 Å². The minimum atomic E-state index is -0.141. The van der Waals surface area contributed by atoms with Gasteiger partial charge in [-0.1, -0.05) is 38.1 Å². The Morgan fingerprint density at radius 2 is 1.96 bits per heavy atom. The number of rotatable bonds is 6. The molecule has 6 nitrogen and oxygen atoms in total. The maximum atomic E-state index is 12.3. The first kappa shape index (κ1) is 16.8. The molecule has 3 rings (SSSR count). The van der Waals surface area contributed by atoms with Crippen molar-refractivity contribution in [1.29, 1.82) is 0 Å². The Morgan fingerprint density at radius 1 is 1.12 bits per heavy atom. The zero-order valence-electron chi connectivity index (χ0n) is 14.4. The molecule has 0 unspecified atom stereocenters. The number of hydrogen-bond acceptors (Lipinski definition) is 4. The van der Waals surface area contributed by atoms with Crippen LogP contribution in [-0.4, -0.2) is 26.1 Å². The van der Waals surface area contributed by atoms with Crippen LogP contribution >= 0.6 is 0 Å². The summed E-state index contributed by atoms with van der Waals surface area (Å²) in [6.45, 7) is 4.27. The summed E-state index contributed by atoms with van der Waals surface area (Å²) in [5.41, 5.74) is 4.30. The van der Waals surface area contributed by atoms with E-state index in [1.54, 1.807) is 6.20 Å². The Hall–Kier alpha value is -3.02. The molecule has 25 heavy (non-hydrogen) atoms. The van der Waals surface area contributed by atoms with Gasteiger partial charge >= 0.3 is 0 Å². The van der Waals surface area contributed by atoms with Crippen molar-refractivity contribution in [3.8, 4) is 11.5 Å². The Kier molecular flexibility index (Phi) is 5.18. The third-order valence-corrected chi connectivity index (χ3v) is 4.04. The van der Waals surface area contributed by atoms with Crippen LogP contribution in [0.4, 0.5) is 5.95 Å². The van der Waals surface area contributed by atoms with Crippen LogP contribution in [0.3, 0.4) is 0 Å². The minimum absolute atomic E-state index is 0.141. The quantitative estimate of drug-likeness (QED) is 0.725. The summed E-state index contributed by atoms with van der Waals surface area (Å²) in [6, 6.07) is 11.7. The van der Waals surface area contributed by atoms with Gasteiger partial charge in [0.05, 0.1) is 6.42 Å². The number of carbonyl (C=O) groups is 1. The molecule has 0 radical (unpaired) electrons. The number of amides is 1. The molecule has 0 atom stereocenters. The van der Waals surface area contributed by atoms with Crippen LogP contribution in [0.25, 0.3) is 11.5 Å². The molecule has 1 aromatic carbocycles. The normalized spacial score (nSPS) is 10.6. The van der Waals surface area contributed by atoms with Crippen molar-refractivity contribution in [3.63, 3.8) is 0 Å². The first-order valence-corrected chi connectivity index (χ1v) is 8.44. The molecule has 3 aromatic rings. The third kappa shape index (κ3) is 4.09. The van der Waals surface area contributed by atoms with E-state index in [2.05, 4.69) is 51.5 Å². The number of aromatic amines is 1. The van der Waals surface area contributed by atoms with Crippen LogP contribution in [-0.2, 0) is 24.1 Å². The summed E-state index contributed by atoms with van der Waals surface area (Å²) in [5, 5.41) is 9.54. The van der Waals surface area contributed by atoms with Crippen LogP contribution in [0.2, 0.25) is 0 Å². The van der Waals surface area contributed by atoms with Gasteiger partial charge in [0, 0.05) is 6.20 Å². The van der Waals surface area contributed by atoms with Gasteiger partial charge in [0.2, 0.25) is 11.9 Å². The van der Waals surface area contributed by atoms with Gasteiger partial charge in [0.1, 0.15) is 5.69 Å². The van der Waals surface area contributed by atoms with E-state index in [1.165, 1.54) is 11.1 Å². The molecule has 0 fully saturated rings. The molecule has 0 spiro atoms. The maximum Gasteiger partial charge on any atom is 0.249 e. The average Bonchev–Trinajstić information content (AvgIpc) is 3.10. The van der Waals surface area contributed by atoms with Crippen molar-refractivity contribution >= 4 is 11.9 Å². The van der Waals surface area contributed by atoms with E-state index in [4.69, 9.17) is 0 Å². The van der Waals surface area contributed by atoms with E-state index in [-0.39, 0.29) is 11.9 Å². The molecule has 0 aliphatic heterocycles. The second-order valence-corrected chi connectivity index (χ2v) is 5.76. The van der Waals surface area contributed by atoms with Crippen LogP contribution in [0, 0.1) is 0 Å². The molecule has 6 heteroatoms. The number of carbonyl (C=O) groups excluding carboxylic acids is 1. The second-order valence-electron chi connectivity index (χ2n) is 5.76. The molecular weight excluding hydrogens is 314 g/mol. The van der Waals surface area contributed by atoms with Crippen molar-refractivity contribution in [3.05, 3.63) is 59.3 Å². The molecule has 2 heterocycles. The number of nitrogens with zero attached hydrogens (tertiary/aromatic N) is 3. The molecule has 0 bridgehead atoms. The smallest absolute Gasteiger partial charge is 0.249 e. The zero-order chi connectivity index (χ0) is 17.6. The summed E-state index contributed by atoms with van der Waals surface area (Å²) < 4.78 is 0. The Bertz CT molecular complexity index is 857. The van der Waals surface area contributed by atoms with E-state index >= 15 is 0 Å². The lowest BCUT2D eigenvalue weighted by Gasteiger charge is -2.08. The summed E-state index contributed by atoms with van der Waals surface area (Å²) >= 11 is 0. The zero-order valence-corrected chi connectivity index (χ0v) is 14.4. The van der Waals surface area contributed by atoms with Crippen molar-refractivity contribution in [2.24, 2.45) is 0 Å². The van der Waals surface area contributed by atoms with Crippen LogP contribution < -0.4 is 5.32 Å². The molecule has 128 valence electrons. The van der Waals surface area contributed by atoms with Crippen LogP contribution in [0.1, 0.15) is 30.5 Å². The predicted octanol–water partition coefficient (Wildman–Crippen LogP) is 3.17. The monoisotopic (exact) mass is 335 g/mol. The molecule has 2 N–H and O–H groups in total. The lowest BCUT2D eigenvalue weighted by molar-refractivity contribution is -0.115. The lowest BCUT2D eigenvalue weighted by atomic mass is 9.99. The molecule has 0 saturated carbocycles. The number of H-pyrrole nitrogens is 1. The van der Waals surface area contributed by atoms with Gasteiger partial charge < -0.3 is 0 Å². The SMILES string of the molecule is CCc1ccc(CC(=O)Nc2n[nH]c(-c3ccccn3)n2)cc1CC. The van der Waals surface area contributed by atoms with E-state index in [0.717, 1.165) is 18.4 Å². The number of hydrogen-bond donors (Lipinski definition) is 2. The number of benzene rings is 1. The molecule has 2 aromatic heterocycles. The number of pyridine rings is 1. The molecule has 0 aliphatic rings. The molecule has 0 saturated heterocycles. The Morgan fingerprint density at radius 3 is 2.68 bits per heavy atom.